The van der Waals surface area contributed by atoms with Crippen molar-refractivity contribution < 1.29 is 14.0 Å². The standard InChI is InChI=1S/C19H15Cl2N5O3S2/c1-2-29-25-18(27)13-9-30-16(22-13)10-31-19-24-23-17(15-4-3-7-28-15)26(19)14-6-5-11(20)8-12(14)21/h3-9H,2,10H2,1H3,(H,25,27). The Morgan fingerprint density at radius 3 is 2.94 bits per heavy atom. The maximum atomic E-state index is 12.0. The number of carbonyl (C=O) groups is 1. The Hall–Kier alpha value is -2.37. The van der Waals surface area contributed by atoms with Gasteiger partial charge < -0.3 is 4.42 Å². The lowest BCUT2D eigenvalue weighted by Gasteiger charge is -2.11. The largest absolute Gasteiger partial charge is 0.461 e. The molecule has 0 atom stereocenters. The molecule has 12 heteroatoms. The van der Waals surface area contributed by atoms with Gasteiger partial charge in [-0.1, -0.05) is 35.0 Å². The maximum absolute atomic E-state index is 12.0. The molecule has 0 aliphatic carbocycles. The van der Waals surface area contributed by atoms with Crippen LogP contribution in [-0.2, 0) is 10.6 Å². The fourth-order valence-electron chi connectivity index (χ4n) is 2.61. The molecule has 0 saturated heterocycles. The van der Waals surface area contributed by atoms with Crippen LogP contribution in [0.25, 0.3) is 17.3 Å². The number of nitrogens with zero attached hydrogens (tertiary/aromatic N) is 4. The highest BCUT2D eigenvalue weighted by Gasteiger charge is 2.21. The molecule has 3 heterocycles. The summed E-state index contributed by atoms with van der Waals surface area (Å²) in [5, 5.41) is 12.6. The van der Waals surface area contributed by atoms with E-state index < -0.39 is 0 Å². The molecule has 0 aliphatic rings. The van der Waals surface area contributed by atoms with Gasteiger partial charge in [0.25, 0.3) is 5.91 Å². The lowest BCUT2D eigenvalue weighted by Crippen LogP contribution is -2.23. The summed E-state index contributed by atoms with van der Waals surface area (Å²) in [7, 11) is 0. The number of aromatic nitrogens is 4. The van der Waals surface area contributed by atoms with Gasteiger partial charge >= 0.3 is 0 Å². The van der Waals surface area contributed by atoms with Gasteiger partial charge in [0.1, 0.15) is 10.7 Å². The van der Waals surface area contributed by atoms with Gasteiger partial charge in [0, 0.05) is 10.4 Å². The smallest absolute Gasteiger partial charge is 0.294 e. The number of amides is 1. The van der Waals surface area contributed by atoms with Gasteiger partial charge in [-0.25, -0.2) is 10.5 Å². The Labute approximate surface area is 195 Å². The number of rotatable bonds is 8. The van der Waals surface area contributed by atoms with E-state index in [4.69, 9.17) is 32.5 Å². The highest BCUT2D eigenvalue weighted by molar-refractivity contribution is 7.98. The second-order valence-corrected chi connectivity index (χ2v) is 8.72. The zero-order valence-electron chi connectivity index (χ0n) is 16.0. The average molecular weight is 496 g/mol. The Balaban J connectivity index is 1.61. The summed E-state index contributed by atoms with van der Waals surface area (Å²) in [6, 6.07) is 8.76. The molecule has 160 valence electrons. The SMILES string of the molecule is CCONC(=O)c1csc(CSc2nnc(-c3ccco3)n2-c2ccc(Cl)cc2Cl)n1. The third kappa shape index (κ3) is 4.94. The number of furan rings is 1. The van der Waals surface area contributed by atoms with Crippen LogP contribution < -0.4 is 5.48 Å². The molecule has 31 heavy (non-hydrogen) atoms. The second-order valence-electron chi connectivity index (χ2n) is 5.99. The number of hydroxylamine groups is 1. The molecular weight excluding hydrogens is 481 g/mol. The van der Waals surface area contributed by atoms with Gasteiger partial charge in [-0.2, -0.15) is 0 Å². The molecule has 3 aromatic heterocycles. The lowest BCUT2D eigenvalue weighted by atomic mass is 10.3. The van der Waals surface area contributed by atoms with Crippen LogP contribution in [-0.4, -0.2) is 32.3 Å². The van der Waals surface area contributed by atoms with Gasteiger partial charge in [0.2, 0.25) is 5.82 Å². The summed E-state index contributed by atoms with van der Waals surface area (Å²) in [6.07, 6.45) is 1.56. The average Bonchev–Trinajstić information content (AvgIpc) is 3.51. The number of thiazole rings is 1. The molecule has 8 nitrogen and oxygen atoms in total. The Bertz CT molecular complexity index is 1190. The first kappa shape index (κ1) is 21.8. The van der Waals surface area contributed by atoms with Gasteiger partial charge in [-0.05, 0) is 37.3 Å². The van der Waals surface area contributed by atoms with Crippen molar-refractivity contribution in [2.45, 2.75) is 17.8 Å². The second kappa shape index (κ2) is 9.84. The van der Waals surface area contributed by atoms with E-state index >= 15 is 0 Å². The number of halogens is 2. The molecule has 0 saturated carbocycles. The first-order chi connectivity index (χ1) is 15.1. The molecule has 1 N–H and O–H groups in total. The topological polar surface area (TPSA) is 95.1 Å². The molecule has 0 bridgehead atoms. The van der Waals surface area contributed by atoms with Crippen LogP contribution in [0.2, 0.25) is 10.0 Å². The Morgan fingerprint density at radius 1 is 1.32 bits per heavy atom. The third-order valence-corrected chi connectivity index (χ3v) is 6.45. The van der Waals surface area contributed by atoms with E-state index in [0.29, 0.717) is 50.5 Å². The van der Waals surface area contributed by atoms with Crippen molar-refractivity contribution in [2.75, 3.05) is 6.61 Å². The highest BCUT2D eigenvalue weighted by Crippen LogP contribution is 2.34. The predicted molar refractivity (Wildman–Crippen MR) is 120 cm³/mol. The normalized spacial score (nSPS) is 11.1. The molecule has 0 fully saturated rings. The van der Waals surface area contributed by atoms with Crippen molar-refractivity contribution in [1.82, 2.24) is 25.2 Å². The number of benzene rings is 1. The summed E-state index contributed by atoms with van der Waals surface area (Å²) in [5.74, 6) is 1.15. The predicted octanol–water partition coefficient (Wildman–Crippen LogP) is 5.26. The van der Waals surface area contributed by atoms with E-state index in [0.717, 1.165) is 5.01 Å². The van der Waals surface area contributed by atoms with Crippen molar-refractivity contribution in [3.63, 3.8) is 0 Å². The molecule has 1 aromatic carbocycles. The minimum absolute atomic E-state index is 0.299. The molecule has 0 spiro atoms. The molecule has 4 rings (SSSR count). The molecule has 0 unspecified atom stereocenters. The zero-order valence-corrected chi connectivity index (χ0v) is 19.2. The van der Waals surface area contributed by atoms with E-state index in [1.54, 1.807) is 53.5 Å². The van der Waals surface area contributed by atoms with Crippen LogP contribution >= 0.6 is 46.3 Å². The fraction of sp³-hybridized carbons (Fsp3) is 0.158. The number of carbonyl (C=O) groups excluding carboxylic acids is 1. The van der Waals surface area contributed by atoms with E-state index in [9.17, 15) is 4.79 Å². The summed E-state index contributed by atoms with van der Waals surface area (Å²) in [5.41, 5.74) is 3.30. The van der Waals surface area contributed by atoms with E-state index in [-0.39, 0.29) is 5.91 Å². The zero-order chi connectivity index (χ0) is 21.8. The summed E-state index contributed by atoms with van der Waals surface area (Å²) < 4.78 is 7.32. The van der Waals surface area contributed by atoms with E-state index in [1.807, 2.05) is 0 Å². The van der Waals surface area contributed by atoms with Crippen molar-refractivity contribution in [2.24, 2.45) is 0 Å². The van der Waals surface area contributed by atoms with Gasteiger partial charge in [-0.15, -0.1) is 21.5 Å². The van der Waals surface area contributed by atoms with Crippen molar-refractivity contribution in [3.8, 4) is 17.3 Å². The van der Waals surface area contributed by atoms with Crippen LogP contribution in [0.1, 0.15) is 22.4 Å². The molecule has 0 aliphatic heterocycles. The van der Waals surface area contributed by atoms with Crippen molar-refractivity contribution >= 4 is 52.2 Å². The molecular formula is C19H15Cl2N5O3S2. The molecule has 0 radical (unpaired) electrons. The third-order valence-electron chi connectivity index (χ3n) is 3.94. The molecule has 1 amide bonds. The summed E-state index contributed by atoms with van der Waals surface area (Å²) >= 11 is 15.3. The summed E-state index contributed by atoms with van der Waals surface area (Å²) in [4.78, 5) is 21.2. The maximum Gasteiger partial charge on any atom is 0.294 e. The van der Waals surface area contributed by atoms with Crippen molar-refractivity contribution in [1.29, 1.82) is 0 Å². The van der Waals surface area contributed by atoms with E-state index in [1.165, 1.54) is 23.1 Å². The van der Waals surface area contributed by atoms with Crippen LogP contribution in [0.5, 0.6) is 0 Å². The van der Waals surface area contributed by atoms with Crippen LogP contribution in [0.3, 0.4) is 0 Å². The minimum atomic E-state index is -0.384. The van der Waals surface area contributed by atoms with E-state index in [2.05, 4.69) is 20.7 Å². The van der Waals surface area contributed by atoms with Crippen LogP contribution in [0.15, 0.2) is 51.5 Å². The monoisotopic (exact) mass is 495 g/mol. The van der Waals surface area contributed by atoms with Crippen LogP contribution in [0.4, 0.5) is 0 Å². The number of hydrogen-bond acceptors (Lipinski definition) is 8. The quantitative estimate of drug-likeness (QED) is 0.263. The number of thioether (sulfide) groups is 1. The van der Waals surface area contributed by atoms with Crippen LogP contribution in [0, 0.1) is 0 Å². The van der Waals surface area contributed by atoms with Gasteiger partial charge in [0.15, 0.2) is 10.9 Å². The number of hydrogen-bond donors (Lipinski definition) is 1. The Morgan fingerprint density at radius 2 is 2.19 bits per heavy atom. The number of nitrogens with one attached hydrogen (secondary N) is 1. The first-order valence-electron chi connectivity index (χ1n) is 9.01. The lowest BCUT2D eigenvalue weighted by molar-refractivity contribution is 0.0360. The summed E-state index contributed by atoms with van der Waals surface area (Å²) in [6.45, 7) is 2.16. The highest BCUT2D eigenvalue weighted by atomic mass is 35.5. The van der Waals surface area contributed by atoms with Gasteiger partial charge in [0.05, 0.1) is 29.3 Å². The minimum Gasteiger partial charge on any atom is -0.461 e. The first-order valence-corrected chi connectivity index (χ1v) is 11.6. The Kier molecular flexibility index (Phi) is 6.93. The van der Waals surface area contributed by atoms with Gasteiger partial charge in [-0.3, -0.25) is 14.2 Å². The van der Waals surface area contributed by atoms with Crippen molar-refractivity contribution in [3.05, 3.63) is 62.7 Å². The molecule has 4 aromatic rings. The fourth-order valence-corrected chi connectivity index (χ4v) is 4.84.